The second-order valence-corrected chi connectivity index (χ2v) is 6.26. The van der Waals surface area contributed by atoms with Crippen molar-refractivity contribution in [3.63, 3.8) is 0 Å². The minimum Gasteiger partial charge on any atom is -0.482 e. The minimum atomic E-state index is -0.281. The van der Waals surface area contributed by atoms with Crippen molar-refractivity contribution >= 4 is 46.4 Å². The minimum absolute atomic E-state index is 0.152. The number of aromatic nitrogens is 2. The average Bonchev–Trinajstić information content (AvgIpc) is 2.94. The number of ether oxygens (including phenoxy) is 1. The third kappa shape index (κ3) is 4.12. The fourth-order valence-corrected chi connectivity index (χ4v) is 2.69. The van der Waals surface area contributed by atoms with Crippen LogP contribution in [0.15, 0.2) is 42.7 Å². The van der Waals surface area contributed by atoms with Gasteiger partial charge in [-0.15, -0.1) is 0 Å². The van der Waals surface area contributed by atoms with Gasteiger partial charge in [0.15, 0.2) is 6.61 Å². The van der Waals surface area contributed by atoms with Crippen LogP contribution in [0.25, 0.3) is 5.65 Å². The largest absolute Gasteiger partial charge is 0.482 e. The number of benzene rings is 1. The van der Waals surface area contributed by atoms with Crippen LogP contribution >= 0.6 is 34.8 Å². The van der Waals surface area contributed by atoms with E-state index >= 15 is 0 Å². The SMILES string of the molecule is O=C(COc1ccc(Cl)cc1Cl)NCc1cn2ccc(Cl)cc2n1. The number of pyridine rings is 1. The van der Waals surface area contributed by atoms with Crippen LogP contribution in [0.2, 0.25) is 15.1 Å². The summed E-state index contributed by atoms with van der Waals surface area (Å²) in [6.45, 7) is 0.135. The first-order valence-corrected chi connectivity index (χ1v) is 8.12. The molecule has 2 heterocycles. The Balaban J connectivity index is 1.54. The predicted octanol–water partition coefficient (Wildman–Crippen LogP) is 3.99. The van der Waals surface area contributed by atoms with E-state index in [4.69, 9.17) is 39.5 Å². The topological polar surface area (TPSA) is 55.6 Å². The van der Waals surface area contributed by atoms with Gasteiger partial charge in [0, 0.05) is 22.4 Å². The number of hydrogen-bond acceptors (Lipinski definition) is 3. The van der Waals surface area contributed by atoms with E-state index in [-0.39, 0.29) is 19.1 Å². The molecule has 0 aliphatic rings. The predicted molar refractivity (Wildman–Crippen MR) is 94.0 cm³/mol. The summed E-state index contributed by atoms with van der Waals surface area (Å²) in [6, 6.07) is 8.32. The standard InChI is InChI=1S/C16H12Cl3N3O2/c17-10-1-2-14(13(19)5-10)24-9-16(23)20-7-12-8-22-4-3-11(18)6-15(22)21-12/h1-6,8H,7,9H2,(H,20,23). The molecule has 0 unspecified atom stereocenters. The summed E-state index contributed by atoms with van der Waals surface area (Å²) in [5, 5.41) is 4.20. The number of halogens is 3. The maximum atomic E-state index is 11.9. The van der Waals surface area contributed by atoms with Crippen LogP contribution in [0.4, 0.5) is 0 Å². The van der Waals surface area contributed by atoms with E-state index in [1.54, 1.807) is 30.3 Å². The molecule has 0 aliphatic heterocycles. The maximum absolute atomic E-state index is 11.9. The Morgan fingerprint density at radius 1 is 1.17 bits per heavy atom. The summed E-state index contributed by atoms with van der Waals surface area (Å²) in [6.07, 6.45) is 3.63. The molecule has 3 aromatic rings. The average molecular weight is 385 g/mol. The van der Waals surface area contributed by atoms with Crippen LogP contribution in [0.1, 0.15) is 5.69 Å². The molecule has 1 aromatic carbocycles. The molecule has 124 valence electrons. The van der Waals surface area contributed by atoms with Gasteiger partial charge in [0.2, 0.25) is 0 Å². The lowest BCUT2D eigenvalue weighted by Crippen LogP contribution is -2.28. The molecule has 1 N–H and O–H groups in total. The first-order valence-electron chi connectivity index (χ1n) is 6.99. The van der Waals surface area contributed by atoms with Crippen LogP contribution in [-0.2, 0) is 11.3 Å². The van der Waals surface area contributed by atoms with Gasteiger partial charge < -0.3 is 14.5 Å². The summed E-state index contributed by atoms with van der Waals surface area (Å²) >= 11 is 17.7. The third-order valence-corrected chi connectivity index (χ3v) is 3.96. The fraction of sp³-hybridized carbons (Fsp3) is 0.125. The van der Waals surface area contributed by atoms with E-state index in [0.717, 1.165) is 11.3 Å². The summed E-state index contributed by atoms with van der Waals surface area (Å²) in [4.78, 5) is 16.3. The van der Waals surface area contributed by atoms with E-state index in [0.29, 0.717) is 20.8 Å². The molecule has 0 radical (unpaired) electrons. The Kier molecular flexibility index (Phi) is 5.14. The van der Waals surface area contributed by atoms with Crippen LogP contribution in [0, 0.1) is 0 Å². The van der Waals surface area contributed by atoms with Crippen molar-refractivity contribution in [3.05, 3.63) is 63.5 Å². The van der Waals surface area contributed by atoms with Crippen molar-refractivity contribution in [2.24, 2.45) is 0 Å². The number of hydrogen-bond donors (Lipinski definition) is 1. The molecular formula is C16H12Cl3N3O2. The lowest BCUT2D eigenvalue weighted by atomic mass is 10.3. The monoisotopic (exact) mass is 383 g/mol. The Morgan fingerprint density at radius 3 is 2.75 bits per heavy atom. The lowest BCUT2D eigenvalue weighted by molar-refractivity contribution is -0.123. The molecule has 8 heteroatoms. The van der Waals surface area contributed by atoms with Crippen molar-refractivity contribution in [1.82, 2.24) is 14.7 Å². The van der Waals surface area contributed by atoms with Crippen LogP contribution < -0.4 is 10.1 Å². The molecular weight excluding hydrogens is 373 g/mol. The first kappa shape index (κ1) is 16.9. The molecule has 3 rings (SSSR count). The van der Waals surface area contributed by atoms with Crippen molar-refractivity contribution in [2.75, 3.05) is 6.61 Å². The lowest BCUT2D eigenvalue weighted by Gasteiger charge is -2.08. The van der Waals surface area contributed by atoms with Crippen LogP contribution in [0.3, 0.4) is 0 Å². The summed E-state index contributed by atoms with van der Waals surface area (Å²) in [5.41, 5.74) is 1.44. The number of carbonyl (C=O) groups is 1. The van der Waals surface area contributed by atoms with Gasteiger partial charge in [0.05, 0.1) is 17.3 Å². The highest BCUT2D eigenvalue weighted by Crippen LogP contribution is 2.27. The molecule has 0 bridgehead atoms. The van der Waals surface area contributed by atoms with E-state index < -0.39 is 0 Å². The quantitative estimate of drug-likeness (QED) is 0.723. The fourth-order valence-electron chi connectivity index (χ4n) is 2.07. The van der Waals surface area contributed by atoms with Gasteiger partial charge >= 0.3 is 0 Å². The molecule has 0 saturated heterocycles. The van der Waals surface area contributed by atoms with Crippen molar-refractivity contribution in [1.29, 1.82) is 0 Å². The smallest absolute Gasteiger partial charge is 0.258 e. The number of nitrogens with zero attached hydrogens (tertiary/aromatic N) is 2. The van der Waals surface area contributed by atoms with Crippen molar-refractivity contribution in [3.8, 4) is 5.75 Å². The number of amides is 1. The van der Waals surface area contributed by atoms with Gasteiger partial charge in [-0.2, -0.15) is 0 Å². The molecule has 0 aliphatic carbocycles. The van der Waals surface area contributed by atoms with Crippen molar-refractivity contribution in [2.45, 2.75) is 6.54 Å². The second kappa shape index (κ2) is 7.30. The third-order valence-electron chi connectivity index (χ3n) is 3.19. The zero-order valence-corrected chi connectivity index (χ0v) is 14.6. The summed E-state index contributed by atoms with van der Waals surface area (Å²) in [7, 11) is 0. The highest BCUT2D eigenvalue weighted by molar-refractivity contribution is 6.35. The molecule has 24 heavy (non-hydrogen) atoms. The van der Waals surface area contributed by atoms with Crippen molar-refractivity contribution < 1.29 is 9.53 Å². The number of fused-ring (bicyclic) bond motifs is 1. The van der Waals surface area contributed by atoms with Gasteiger partial charge in [-0.1, -0.05) is 34.8 Å². The highest BCUT2D eigenvalue weighted by Gasteiger charge is 2.08. The van der Waals surface area contributed by atoms with E-state index in [1.807, 2.05) is 16.8 Å². The van der Waals surface area contributed by atoms with E-state index in [2.05, 4.69) is 10.3 Å². The Bertz CT molecular complexity index is 895. The first-order chi connectivity index (χ1) is 11.5. The van der Waals surface area contributed by atoms with E-state index in [9.17, 15) is 4.79 Å². The second-order valence-electron chi connectivity index (χ2n) is 4.98. The van der Waals surface area contributed by atoms with Gasteiger partial charge in [-0.3, -0.25) is 4.79 Å². The molecule has 5 nitrogen and oxygen atoms in total. The molecule has 1 amide bonds. The molecule has 0 atom stereocenters. The summed E-state index contributed by atoms with van der Waals surface area (Å²) < 4.78 is 7.20. The number of nitrogens with one attached hydrogen (secondary N) is 1. The molecule has 0 saturated carbocycles. The number of rotatable bonds is 5. The molecule has 0 fully saturated rings. The maximum Gasteiger partial charge on any atom is 0.258 e. The van der Waals surface area contributed by atoms with Gasteiger partial charge in [0.25, 0.3) is 5.91 Å². The van der Waals surface area contributed by atoms with E-state index in [1.165, 1.54) is 0 Å². The summed E-state index contributed by atoms with van der Waals surface area (Å²) in [5.74, 6) is 0.120. The molecule has 0 spiro atoms. The number of imidazole rings is 1. The van der Waals surface area contributed by atoms with Crippen LogP contribution in [-0.4, -0.2) is 21.9 Å². The van der Waals surface area contributed by atoms with Gasteiger partial charge in [0.1, 0.15) is 11.4 Å². The zero-order valence-electron chi connectivity index (χ0n) is 12.3. The number of carbonyl (C=O) groups excluding carboxylic acids is 1. The Hall–Kier alpha value is -1.95. The van der Waals surface area contributed by atoms with Gasteiger partial charge in [-0.25, -0.2) is 4.98 Å². The zero-order chi connectivity index (χ0) is 17.1. The highest BCUT2D eigenvalue weighted by atomic mass is 35.5. The Labute approximate surface area is 153 Å². The van der Waals surface area contributed by atoms with Gasteiger partial charge in [-0.05, 0) is 30.3 Å². The van der Waals surface area contributed by atoms with Crippen LogP contribution in [0.5, 0.6) is 5.75 Å². The normalized spacial score (nSPS) is 10.8. The molecule has 2 aromatic heterocycles. The Morgan fingerprint density at radius 2 is 1.96 bits per heavy atom.